The molecule has 2 heteroatoms. The summed E-state index contributed by atoms with van der Waals surface area (Å²) in [5.74, 6) is 0. The Hall–Kier alpha value is -1.28. The molecule has 0 bridgehead atoms. The second kappa shape index (κ2) is 4.30. The molecule has 2 nitrogen and oxygen atoms in total. The first-order valence-electron chi connectivity index (χ1n) is 5.86. The van der Waals surface area contributed by atoms with E-state index in [1.807, 2.05) is 7.05 Å². The van der Waals surface area contributed by atoms with Crippen molar-refractivity contribution in [2.24, 2.45) is 0 Å². The number of aromatic amines is 1. The largest absolute Gasteiger partial charge is 0.358 e. The molecule has 0 unspecified atom stereocenters. The maximum absolute atomic E-state index is 3.55. The van der Waals surface area contributed by atoms with Crippen molar-refractivity contribution in [2.75, 3.05) is 13.6 Å². The number of aromatic nitrogens is 1. The second-order valence-corrected chi connectivity index (χ2v) is 4.59. The summed E-state index contributed by atoms with van der Waals surface area (Å²) in [4.78, 5) is 3.55. The summed E-state index contributed by atoms with van der Waals surface area (Å²) in [5, 5.41) is 4.57. The Bertz CT molecular complexity index is 509. The molecular weight excluding hydrogens is 196 g/mol. The smallest absolute Gasteiger partial charge is 0.0488 e. The predicted octanol–water partition coefficient (Wildman–Crippen LogP) is 2.86. The molecule has 0 spiro atoms. The van der Waals surface area contributed by atoms with E-state index in [9.17, 15) is 0 Å². The topological polar surface area (TPSA) is 27.8 Å². The van der Waals surface area contributed by atoms with Crippen LogP contribution in [0.3, 0.4) is 0 Å². The van der Waals surface area contributed by atoms with Gasteiger partial charge in [-0.05, 0) is 45.0 Å². The van der Waals surface area contributed by atoms with Gasteiger partial charge in [0.05, 0.1) is 0 Å². The fourth-order valence-corrected chi connectivity index (χ4v) is 2.34. The molecule has 0 amide bonds. The molecule has 86 valence electrons. The van der Waals surface area contributed by atoms with Gasteiger partial charge in [-0.2, -0.15) is 0 Å². The van der Waals surface area contributed by atoms with Gasteiger partial charge >= 0.3 is 0 Å². The van der Waals surface area contributed by atoms with E-state index in [1.165, 1.54) is 33.3 Å². The summed E-state index contributed by atoms with van der Waals surface area (Å²) >= 11 is 0. The van der Waals surface area contributed by atoms with Gasteiger partial charge in [0, 0.05) is 29.6 Å². The molecule has 0 aliphatic carbocycles. The first-order valence-corrected chi connectivity index (χ1v) is 5.86. The van der Waals surface area contributed by atoms with Crippen molar-refractivity contribution in [3.05, 3.63) is 34.5 Å². The number of benzene rings is 1. The highest BCUT2D eigenvalue weighted by molar-refractivity contribution is 5.87. The Labute approximate surface area is 97.1 Å². The molecule has 0 aliphatic heterocycles. The Morgan fingerprint density at radius 2 is 1.94 bits per heavy atom. The van der Waals surface area contributed by atoms with Crippen LogP contribution in [0, 0.1) is 20.8 Å². The van der Waals surface area contributed by atoms with E-state index in [-0.39, 0.29) is 0 Å². The van der Waals surface area contributed by atoms with Crippen LogP contribution in [0.2, 0.25) is 0 Å². The first-order chi connectivity index (χ1) is 7.63. The lowest BCUT2D eigenvalue weighted by Gasteiger charge is -1.99. The quantitative estimate of drug-likeness (QED) is 0.811. The molecule has 0 radical (unpaired) electrons. The molecular formula is C14H20N2. The third-order valence-electron chi connectivity index (χ3n) is 3.24. The third-order valence-corrected chi connectivity index (χ3v) is 3.24. The summed E-state index contributed by atoms with van der Waals surface area (Å²) in [7, 11) is 1.99. The Balaban J connectivity index is 2.54. The summed E-state index contributed by atoms with van der Waals surface area (Å²) in [6.07, 6.45) is 1.06. The molecule has 1 aromatic carbocycles. The van der Waals surface area contributed by atoms with E-state index in [4.69, 9.17) is 0 Å². The van der Waals surface area contributed by atoms with Crippen LogP contribution in [0.25, 0.3) is 10.9 Å². The molecule has 1 heterocycles. The van der Waals surface area contributed by atoms with Crippen LogP contribution in [0.1, 0.15) is 22.4 Å². The summed E-state index contributed by atoms with van der Waals surface area (Å²) in [6, 6.07) is 4.51. The highest BCUT2D eigenvalue weighted by Crippen LogP contribution is 2.25. The lowest BCUT2D eigenvalue weighted by atomic mass is 10.1. The van der Waals surface area contributed by atoms with Crippen molar-refractivity contribution < 1.29 is 0 Å². The SMILES string of the molecule is CNCCc1[nH]c2c(C)cc(C)cc2c1C. The van der Waals surface area contributed by atoms with Crippen molar-refractivity contribution in [1.29, 1.82) is 0 Å². The first kappa shape index (κ1) is 11.2. The van der Waals surface area contributed by atoms with Crippen LogP contribution in [-0.2, 0) is 6.42 Å². The van der Waals surface area contributed by atoms with E-state index >= 15 is 0 Å². The summed E-state index contributed by atoms with van der Waals surface area (Å²) in [6.45, 7) is 7.56. The standard InChI is InChI=1S/C14H20N2/c1-9-7-10(2)14-12(8-9)11(3)13(16-14)5-6-15-4/h7-8,15-16H,5-6H2,1-4H3. The van der Waals surface area contributed by atoms with E-state index in [0.29, 0.717) is 0 Å². The molecule has 1 aromatic heterocycles. The Morgan fingerprint density at radius 3 is 2.62 bits per heavy atom. The number of aryl methyl sites for hydroxylation is 3. The van der Waals surface area contributed by atoms with Crippen LogP contribution in [-0.4, -0.2) is 18.6 Å². The minimum Gasteiger partial charge on any atom is -0.358 e. The van der Waals surface area contributed by atoms with E-state index in [2.05, 4.69) is 43.2 Å². The summed E-state index contributed by atoms with van der Waals surface area (Å²) in [5.41, 5.74) is 6.74. The molecule has 2 aromatic rings. The average molecular weight is 216 g/mol. The molecule has 0 saturated carbocycles. The van der Waals surface area contributed by atoms with Crippen LogP contribution in [0.15, 0.2) is 12.1 Å². The molecule has 0 atom stereocenters. The van der Waals surface area contributed by atoms with Crippen LogP contribution in [0.5, 0.6) is 0 Å². The molecule has 16 heavy (non-hydrogen) atoms. The molecule has 2 rings (SSSR count). The molecule has 0 aliphatic rings. The number of hydrogen-bond acceptors (Lipinski definition) is 1. The zero-order valence-corrected chi connectivity index (χ0v) is 10.6. The highest BCUT2D eigenvalue weighted by atomic mass is 14.8. The van der Waals surface area contributed by atoms with E-state index in [1.54, 1.807) is 0 Å². The van der Waals surface area contributed by atoms with Crippen LogP contribution >= 0.6 is 0 Å². The number of rotatable bonds is 3. The minimum atomic E-state index is 1.02. The van der Waals surface area contributed by atoms with Crippen molar-refractivity contribution in [3.8, 4) is 0 Å². The van der Waals surface area contributed by atoms with Crippen molar-refractivity contribution in [3.63, 3.8) is 0 Å². The fourth-order valence-electron chi connectivity index (χ4n) is 2.34. The predicted molar refractivity (Wildman–Crippen MR) is 70.1 cm³/mol. The Morgan fingerprint density at radius 1 is 1.19 bits per heavy atom. The van der Waals surface area contributed by atoms with Crippen LogP contribution in [0.4, 0.5) is 0 Å². The Kier molecular flexibility index (Phi) is 3.01. The van der Waals surface area contributed by atoms with Crippen molar-refractivity contribution in [2.45, 2.75) is 27.2 Å². The van der Waals surface area contributed by atoms with Crippen molar-refractivity contribution in [1.82, 2.24) is 10.3 Å². The number of fused-ring (bicyclic) bond motifs is 1. The van der Waals surface area contributed by atoms with Gasteiger partial charge in [0.25, 0.3) is 0 Å². The van der Waals surface area contributed by atoms with Gasteiger partial charge in [-0.25, -0.2) is 0 Å². The monoisotopic (exact) mass is 216 g/mol. The van der Waals surface area contributed by atoms with Gasteiger partial charge in [-0.3, -0.25) is 0 Å². The second-order valence-electron chi connectivity index (χ2n) is 4.59. The van der Waals surface area contributed by atoms with Crippen LogP contribution < -0.4 is 5.32 Å². The number of nitrogens with one attached hydrogen (secondary N) is 2. The molecule has 2 N–H and O–H groups in total. The van der Waals surface area contributed by atoms with Gasteiger partial charge in [0.1, 0.15) is 0 Å². The zero-order chi connectivity index (χ0) is 11.7. The lowest BCUT2D eigenvalue weighted by Crippen LogP contribution is -2.10. The number of likely N-dealkylation sites (N-methyl/N-ethyl adjacent to an activating group) is 1. The highest BCUT2D eigenvalue weighted by Gasteiger charge is 2.09. The van der Waals surface area contributed by atoms with Gasteiger partial charge < -0.3 is 10.3 Å². The van der Waals surface area contributed by atoms with Gasteiger partial charge in [0.2, 0.25) is 0 Å². The maximum atomic E-state index is 3.55. The molecule has 0 fully saturated rings. The number of hydrogen-bond donors (Lipinski definition) is 2. The van der Waals surface area contributed by atoms with Gasteiger partial charge in [-0.15, -0.1) is 0 Å². The average Bonchev–Trinajstić information content (AvgIpc) is 2.54. The summed E-state index contributed by atoms with van der Waals surface area (Å²) < 4.78 is 0. The number of H-pyrrole nitrogens is 1. The maximum Gasteiger partial charge on any atom is 0.0488 e. The minimum absolute atomic E-state index is 1.02. The van der Waals surface area contributed by atoms with Gasteiger partial charge in [-0.1, -0.05) is 11.6 Å². The van der Waals surface area contributed by atoms with Crippen molar-refractivity contribution >= 4 is 10.9 Å². The molecule has 0 saturated heterocycles. The third kappa shape index (κ3) is 1.85. The van der Waals surface area contributed by atoms with Gasteiger partial charge in [0.15, 0.2) is 0 Å². The zero-order valence-electron chi connectivity index (χ0n) is 10.6. The normalized spacial score (nSPS) is 11.2. The van der Waals surface area contributed by atoms with E-state index in [0.717, 1.165) is 13.0 Å². The van der Waals surface area contributed by atoms with E-state index < -0.39 is 0 Å². The fraction of sp³-hybridized carbons (Fsp3) is 0.429. The lowest BCUT2D eigenvalue weighted by molar-refractivity contribution is 0.778.